The van der Waals surface area contributed by atoms with Crippen LogP contribution in [0.15, 0.2) is 47.5 Å². The number of para-hydroxylation sites is 1. The van der Waals surface area contributed by atoms with Gasteiger partial charge in [-0.15, -0.1) is 0 Å². The van der Waals surface area contributed by atoms with E-state index in [9.17, 15) is 9.59 Å². The van der Waals surface area contributed by atoms with Gasteiger partial charge >= 0.3 is 5.97 Å². The van der Waals surface area contributed by atoms with Crippen LogP contribution in [0, 0.1) is 0 Å². The molecular formula is C19H17ClN2O4S. The summed E-state index contributed by atoms with van der Waals surface area (Å²) >= 11 is 7.39. The van der Waals surface area contributed by atoms with Gasteiger partial charge in [-0.1, -0.05) is 41.1 Å². The summed E-state index contributed by atoms with van der Waals surface area (Å²) in [6.07, 6.45) is 0. The number of hydrogen-bond donors (Lipinski definition) is 0. The van der Waals surface area contributed by atoms with Crippen LogP contribution in [0.3, 0.4) is 0 Å². The van der Waals surface area contributed by atoms with Crippen LogP contribution in [0.4, 0.5) is 0 Å². The third-order valence-electron chi connectivity index (χ3n) is 3.78. The fourth-order valence-corrected chi connectivity index (χ4v) is 3.84. The molecular weight excluding hydrogens is 388 g/mol. The zero-order valence-corrected chi connectivity index (χ0v) is 16.3. The van der Waals surface area contributed by atoms with E-state index in [1.54, 1.807) is 28.8 Å². The number of benzene rings is 2. The SMILES string of the molecule is CCOc1cccc2sc(=NC(=O)c3ccccc3Cl)n(CC(=O)OC)c12. The first kappa shape index (κ1) is 19.1. The van der Waals surface area contributed by atoms with Gasteiger partial charge in [0, 0.05) is 0 Å². The number of carbonyl (C=O) groups is 2. The molecule has 140 valence electrons. The summed E-state index contributed by atoms with van der Waals surface area (Å²) in [6, 6.07) is 12.2. The molecule has 3 aromatic rings. The predicted octanol–water partition coefficient (Wildman–Crippen LogP) is 3.67. The van der Waals surface area contributed by atoms with E-state index in [1.165, 1.54) is 18.4 Å². The van der Waals surface area contributed by atoms with Crippen LogP contribution in [-0.4, -0.2) is 30.2 Å². The summed E-state index contributed by atoms with van der Waals surface area (Å²) < 4.78 is 12.9. The van der Waals surface area contributed by atoms with Crippen molar-refractivity contribution in [2.75, 3.05) is 13.7 Å². The lowest BCUT2D eigenvalue weighted by molar-refractivity contribution is -0.141. The van der Waals surface area contributed by atoms with Crippen molar-refractivity contribution >= 4 is 45.0 Å². The molecule has 2 aromatic carbocycles. The molecule has 1 aromatic heterocycles. The van der Waals surface area contributed by atoms with Crippen molar-refractivity contribution in [2.24, 2.45) is 4.99 Å². The lowest BCUT2D eigenvalue weighted by Crippen LogP contribution is -2.22. The second-order valence-corrected chi connectivity index (χ2v) is 6.90. The van der Waals surface area contributed by atoms with Crippen molar-refractivity contribution in [1.29, 1.82) is 0 Å². The highest BCUT2D eigenvalue weighted by Gasteiger charge is 2.16. The Morgan fingerprint density at radius 1 is 1.19 bits per heavy atom. The smallest absolute Gasteiger partial charge is 0.325 e. The number of aromatic nitrogens is 1. The summed E-state index contributed by atoms with van der Waals surface area (Å²) in [5, 5.41) is 0.321. The summed E-state index contributed by atoms with van der Waals surface area (Å²) in [7, 11) is 1.31. The quantitative estimate of drug-likeness (QED) is 0.608. The van der Waals surface area contributed by atoms with Crippen LogP contribution in [0.5, 0.6) is 5.75 Å². The van der Waals surface area contributed by atoms with E-state index in [0.29, 0.717) is 33.3 Å². The maximum Gasteiger partial charge on any atom is 0.325 e. The lowest BCUT2D eigenvalue weighted by Gasteiger charge is -2.08. The van der Waals surface area contributed by atoms with Gasteiger partial charge < -0.3 is 14.0 Å². The number of esters is 1. The van der Waals surface area contributed by atoms with E-state index in [-0.39, 0.29) is 6.54 Å². The molecule has 0 spiro atoms. The van der Waals surface area contributed by atoms with Crippen molar-refractivity contribution < 1.29 is 19.1 Å². The Balaban J connectivity index is 2.21. The Hall–Kier alpha value is -2.64. The first-order valence-corrected chi connectivity index (χ1v) is 9.40. The van der Waals surface area contributed by atoms with Crippen LogP contribution < -0.4 is 9.54 Å². The van der Waals surface area contributed by atoms with Gasteiger partial charge in [-0.3, -0.25) is 9.59 Å². The molecule has 0 saturated carbocycles. The average Bonchev–Trinajstić information content (AvgIpc) is 3.00. The number of amides is 1. The normalized spacial score (nSPS) is 11.6. The molecule has 0 aliphatic rings. The van der Waals surface area contributed by atoms with Crippen LogP contribution >= 0.6 is 22.9 Å². The molecule has 27 heavy (non-hydrogen) atoms. The molecule has 0 fully saturated rings. The molecule has 0 aliphatic carbocycles. The van der Waals surface area contributed by atoms with Crippen molar-refractivity contribution in [3.8, 4) is 5.75 Å². The Kier molecular flexibility index (Phi) is 5.93. The number of thiazole rings is 1. The number of rotatable bonds is 5. The van der Waals surface area contributed by atoms with Crippen molar-refractivity contribution in [1.82, 2.24) is 4.57 Å². The first-order chi connectivity index (χ1) is 13.0. The van der Waals surface area contributed by atoms with Gasteiger partial charge in [0.15, 0.2) is 4.80 Å². The highest BCUT2D eigenvalue weighted by atomic mass is 35.5. The molecule has 0 N–H and O–H groups in total. The number of fused-ring (bicyclic) bond motifs is 1. The van der Waals surface area contributed by atoms with Crippen LogP contribution in [0.1, 0.15) is 17.3 Å². The number of nitrogens with zero attached hydrogens (tertiary/aromatic N) is 2. The Morgan fingerprint density at radius 3 is 2.67 bits per heavy atom. The number of hydrogen-bond acceptors (Lipinski definition) is 5. The summed E-state index contributed by atoms with van der Waals surface area (Å²) in [4.78, 5) is 29.1. The molecule has 1 amide bonds. The maximum atomic E-state index is 12.6. The van der Waals surface area contributed by atoms with E-state index in [4.69, 9.17) is 21.1 Å². The minimum atomic E-state index is -0.483. The number of ether oxygens (including phenoxy) is 2. The average molecular weight is 405 g/mol. The number of methoxy groups -OCH3 is 1. The molecule has 0 saturated heterocycles. The Labute approximate surface area is 164 Å². The summed E-state index contributed by atoms with van der Waals surface area (Å²) in [6.45, 7) is 2.26. The fourth-order valence-electron chi connectivity index (χ4n) is 2.58. The molecule has 8 heteroatoms. The summed E-state index contributed by atoms with van der Waals surface area (Å²) in [5.41, 5.74) is 0.992. The highest BCUT2D eigenvalue weighted by molar-refractivity contribution is 7.16. The van der Waals surface area contributed by atoms with Gasteiger partial charge in [0.05, 0.1) is 29.0 Å². The third-order valence-corrected chi connectivity index (χ3v) is 5.15. The molecule has 0 radical (unpaired) electrons. The van der Waals surface area contributed by atoms with Crippen molar-refractivity contribution in [3.05, 3.63) is 57.9 Å². The van der Waals surface area contributed by atoms with Crippen LogP contribution in [0.2, 0.25) is 5.02 Å². The molecule has 3 rings (SSSR count). The minimum absolute atomic E-state index is 0.0881. The second kappa shape index (κ2) is 8.37. The topological polar surface area (TPSA) is 69.9 Å². The number of halogens is 1. The zero-order chi connectivity index (χ0) is 19.4. The van der Waals surface area contributed by atoms with E-state index in [2.05, 4.69) is 4.99 Å². The highest BCUT2D eigenvalue weighted by Crippen LogP contribution is 2.28. The maximum absolute atomic E-state index is 12.6. The van der Waals surface area contributed by atoms with Crippen molar-refractivity contribution in [3.63, 3.8) is 0 Å². The van der Waals surface area contributed by atoms with Gasteiger partial charge in [0.25, 0.3) is 5.91 Å². The Bertz CT molecular complexity index is 1070. The number of carbonyl (C=O) groups excluding carboxylic acids is 2. The monoisotopic (exact) mass is 404 g/mol. The van der Waals surface area contributed by atoms with Gasteiger partial charge in [-0.25, -0.2) is 0 Å². The summed E-state index contributed by atoms with van der Waals surface area (Å²) in [5.74, 6) is -0.321. The minimum Gasteiger partial charge on any atom is -0.492 e. The first-order valence-electron chi connectivity index (χ1n) is 8.20. The fraction of sp³-hybridized carbons (Fsp3) is 0.211. The van der Waals surface area contributed by atoms with Gasteiger partial charge in [0.1, 0.15) is 17.8 Å². The van der Waals surface area contributed by atoms with E-state index in [0.717, 1.165) is 4.70 Å². The molecule has 0 unspecified atom stereocenters. The van der Waals surface area contributed by atoms with Crippen LogP contribution in [-0.2, 0) is 16.1 Å². The molecule has 6 nitrogen and oxygen atoms in total. The largest absolute Gasteiger partial charge is 0.492 e. The molecule has 0 aliphatic heterocycles. The molecule has 0 atom stereocenters. The lowest BCUT2D eigenvalue weighted by atomic mass is 10.2. The second-order valence-electron chi connectivity index (χ2n) is 5.48. The van der Waals surface area contributed by atoms with Gasteiger partial charge in [0.2, 0.25) is 0 Å². The van der Waals surface area contributed by atoms with Crippen molar-refractivity contribution in [2.45, 2.75) is 13.5 Å². The standard InChI is InChI=1S/C19H17ClN2O4S/c1-3-26-14-9-6-10-15-17(14)22(11-16(23)25-2)19(27-15)21-18(24)12-7-4-5-8-13(12)20/h4-10H,3,11H2,1-2H3. The molecule has 0 bridgehead atoms. The van der Waals surface area contributed by atoms with E-state index < -0.39 is 11.9 Å². The van der Waals surface area contributed by atoms with Gasteiger partial charge in [-0.05, 0) is 31.2 Å². The Morgan fingerprint density at radius 2 is 1.96 bits per heavy atom. The zero-order valence-electron chi connectivity index (χ0n) is 14.8. The van der Waals surface area contributed by atoms with Gasteiger partial charge in [-0.2, -0.15) is 4.99 Å². The van der Waals surface area contributed by atoms with Crippen LogP contribution in [0.25, 0.3) is 10.2 Å². The van der Waals surface area contributed by atoms with E-state index >= 15 is 0 Å². The third kappa shape index (κ3) is 4.04. The predicted molar refractivity (Wildman–Crippen MR) is 104 cm³/mol. The van der Waals surface area contributed by atoms with E-state index in [1.807, 2.05) is 25.1 Å². The molecule has 1 heterocycles.